The van der Waals surface area contributed by atoms with Gasteiger partial charge in [-0.2, -0.15) is 0 Å². The second kappa shape index (κ2) is 2.65. The highest BCUT2D eigenvalue weighted by Crippen LogP contribution is 2.54. The molecule has 0 N–H and O–H groups in total. The first kappa shape index (κ1) is 9.01. The van der Waals surface area contributed by atoms with Crippen molar-refractivity contribution in [1.29, 1.82) is 0 Å². The van der Waals surface area contributed by atoms with Crippen molar-refractivity contribution in [2.45, 2.75) is 25.7 Å². The van der Waals surface area contributed by atoms with Crippen molar-refractivity contribution in [3.8, 4) is 0 Å². The number of hydrogen-bond donors (Lipinski definition) is 0. The zero-order valence-corrected chi connectivity index (χ0v) is 8.15. The fraction of sp³-hybridized carbons (Fsp3) is 0.417. The summed E-state index contributed by atoms with van der Waals surface area (Å²) in [6.07, 6.45) is 3.10. The van der Waals surface area contributed by atoms with E-state index in [9.17, 15) is 13.6 Å². The number of carbonyl (C=O) groups excluding carboxylic acids is 1. The SMILES string of the molecule is O=C1c2c(F)cc(F)cc2CCC12CC2. The molecule has 1 aromatic carbocycles. The molecule has 2 aliphatic carbocycles. The minimum absolute atomic E-state index is 0.110. The minimum atomic E-state index is -0.694. The van der Waals surface area contributed by atoms with E-state index in [1.165, 1.54) is 6.07 Å². The van der Waals surface area contributed by atoms with Crippen LogP contribution in [0.1, 0.15) is 35.2 Å². The summed E-state index contributed by atoms with van der Waals surface area (Å²) in [5.74, 6) is -1.40. The van der Waals surface area contributed by atoms with Crippen LogP contribution < -0.4 is 0 Å². The highest BCUT2D eigenvalue weighted by atomic mass is 19.1. The molecule has 1 spiro atoms. The van der Waals surface area contributed by atoms with Gasteiger partial charge in [0.15, 0.2) is 5.78 Å². The van der Waals surface area contributed by atoms with Crippen molar-refractivity contribution in [3.63, 3.8) is 0 Å². The predicted molar refractivity (Wildman–Crippen MR) is 50.7 cm³/mol. The third kappa shape index (κ3) is 1.15. The summed E-state index contributed by atoms with van der Waals surface area (Å²) < 4.78 is 26.4. The number of Topliss-reactive ketones (excluding diaryl/α,β-unsaturated/α-hetero) is 1. The molecule has 1 aromatic rings. The topological polar surface area (TPSA) is 17.1 Å². The molecule has 1 fully saturated rings. The van der Waals surface area contributed by atoms with Crippen LogP contribution in [0.4, 0.5) is 8.78 Å². The number of aryl methyl sites for hydroxylation is 1. The van der Waals surface area contributed by atoms with Crippen molar-refractivity contribution in [2.24, 2.45) is 5.41 Å². The Labute approximate surface area is 86.1 Å². The summed E-state index contributed by atoms with van der Waals surface area (Å²) in [6.45, 7) is 0. The molecule has 0 unspecified atom stereocenters. The number of benzene rings is 1. The molecule has 0 aromatic heterocycles. The third-order valence-electron chi connectivity index (χ3n) is 3.57. The van der Waals surface area contributed by atoms with Gasteiger partial charge in [0.25, 0.3) is 0 Å². The van der Waals surface area contributed by atoms with Crippen LogP contribution in [-0.2, 0) is 6.42 Å². The first-order valence-electron chi connectivity index (χ1n) is 5.15. The molecule has 0 atom stereocenters. The van der Waals surface area contributed by atoms with E-state index < -0.39 is 11.6 Å². The van der Waals surface area contributed by atoms with E-state index in [1.54, 1.807) is 0 Å². The number of rotatable bonds is 0. The fourth-order valence-electron chi connectivity index (χ4n) is 2.46. The highest BCUT2D eigenvalue weighted by Gasteiger charge is 2.52. The molecule has 0 heterocycles. The molecule has 3 rings (SSSR count). The summed E-state index contributed by atoms with van der Waals surface area (Å²) in [5.41, 5.74) is 0.390. The number of hydrogen-bond acceptors (Lipinski definition) is 1. The van der Waals surface area contributed by atoms with Gasteiger partial charge in [-0.15, -0.1) is 0 Å². The van der Waals surface area contributed by atoms with Crippen LogP contribution in [0, 0.1) is 17.0 Å². The first-order valence-corrected chi connectivity index (χ1v) is 5.15. The average molecular weight is 208 g/mol. The van der Waals surface area contributed by atoms with Crippen LogP contribution >= 0.6 is 0 Å². The molecule has 2 aliphatic rings. The summed E-state index contributed by atoms with van der Waals surface area (Å²) in [6, 6.07) is 2.09. The third-order valence-corrected chi connectivity index (χ3v) is 3.57. The van der Waals surface area contributed by atoms with E-state index in [0.29, 0.717) is 12.0 Å². The Morgan fingerprint density at radius 2 is 1.87 bits per heavy atom. The Balaban J connectivity index is 2.18. The molecule has 3 heteroatoms. The average Bonchev–Trinajstić information content (AvgIpc) is 2.92. The van der Waals surface area contributed by atoms with Crippen LogP contribution in [-0.4, -0.2) is 5.78 Å². The van der Waals surface area contributed by atoms with Gasteiger partial charge in [0, 0.05) is 11.5 Å². The quantitative estimate of drug-likeness (QED) is 0.640. The largest absolute Gasteiger partial charge is 0.293 e. The van der Waals surface area contributed by atoms with Gasteiger partial charge in [0.05, 0.1) is 5.56 Å². The lowest BCUT2D eigenvalue weighted by Crippen LogP contribution is -2.25. The van der Waals surface area contributed by atoms with E-state index in [4.69, 9.17) is 0 Å². The maximum Gasteiger partial charge on any atom is 0.172 e. The van der Waals surface area contributed by atoms with E-state index in [0.717, 1.165) is 25.3 Å². The van der Waals surface area contributed by atoms with Gasteiger partial charge in [-0.05, 0) is 37.3 Å². The maximum atomic E-state index is 13.5. The molecular formula is C12H10F2O. The Bertz CT molecular complexity index is 461. The smallest absolute Gasteiger partial charge is 0.172 e. The molecular weight excluding hydrogens is 198 g/mol. The van der Waals surface area contributed by atoms with Gasteiger partial charge < -0.3 is 0 Å². The monoisotopic (exact) mass is 208 g/mol. The van der Waals surface area contributed by atoms with Crippen LogP contribution in [0.15, 0.2) is 12.1 Å². The van der Waals surface area contributed by atoms with Gasteiger partial charge in [0.1, 0.15) is 11.6 Å². The number of ketones is 1. The first-order chi connectivity index (χ1) is 7.12. The van der Waals surface area contributed by atoms with E-state index in [-0.39, 0.29) is 16.8 Å². The lowest BCUT2D eigenvalue weighted by atomic mass is 9.80. The molecule has 1 saturated carbocycles. The van der Waals surface area contributed by atoms with Crippen LogP contribution in [0.2, 0.25) is 0 Å². The van der Waals surface area contributed by atoms with Gasteiger partial charge in [-0.3, -0.25) is 4.79 Å². The van der Waals surface area contributed by atoms with Crippen molar-refractivity contribution in [2.75, 3.05) is 0 Å². The molecule has 0 aliphatic heterocycles. The zero-order valence-electron chi connectivity index (χ0n) is 8.15. The highest BCUT2D eigenvalue weighted by molar-refractivity contribution is 6.04. The van der Waals surface area contributed by atoms with E-state index in [2.05, 4.69) is 0 Å². The van der Waals surface area contributed by atoms with Gasteiger partial charge >= 0.3 is 0 Å². The summed E-state index contributed by atoms with van der Waals surface area (Å²) in [7, 11) is 0. The van der Waals surface area contributed by atoms with Crippen molar-refractivity contribution >= 4 is 5.78 Å². The summed E-state index contributed by atoms with van der Waals surface area (Å²) in [4.78, 5) is 12.0. The van der Waals surface area contributed by atoms with Crippen molar-refractivity contribution in [1.82, 2.24) is 0 Å². The standard InChI is InChI=1S/C12H10F2O/c13-8-5-7-1-2-12(3-4-12)11(15)10(7)9(14)6-8/h5-6H,1-4H2. The van der Waals surface area contributed by atoms with E-state index in [1.807, 2.05) is 0 Å². The van der Waals surface area contributed by atoms with Crippen LogP contribution in [0.25, 0.3) is 0 Å². The number of carbonyl (C=O) groups is 1. The summed E-state index contributed by atoms with van der Waals surface area (Å²) in [5, 5.41) is 0. The lowest BCUT2D eigenvalue weighted by Gasteiger charge is -2.23. The van der Waals surface area contributed by atoms with E-state index >= 15 is 0 Å². The Kier molecular flexibility index (Phi) is 1.59. The zero-order chi connectivity index (χ0) is 10.6. The molecule has 0 saturated heterocycles. The molecule has 0 bridgehead atoms. The summed E-state index contributed by atoms with van der Waals surface area (Å²) >= 11 is 0. The molecule has 78 valence electrons. The number of fused-ring (bicyclic) bond motifs is 1. The van der Waals surface area contributed by atoms with Crippen LogP contribution in [0.3, 0.4) is 0 Å². The van der Waals surface area contributed by atoms with Crippen molar-refractivity contribution < 1.29 is 13.6 Å². The van der Waals surface area contributed by atoms with Crippen LogP contribution in [0.5, 0.6) is 0 Å². The second-order valence-corrected chi connectivity index (χ2v) is 4.53. The normalized spacial score (nSPS) is 21.6. The molecule has 15 heavy (non-hydrogen) atoms. The Morgan fingerprint density at radius 3 is 2.53 bits per heavy atom. The fourth-order valence-corrected chi connectivity index (χ4v) is 2.46. The second-order valence-electron chi connectivity index (χ2n) is 4.53. The molecule has 1 nitrogen and oxygen atoms in total. The molecule has 0 amide bonds. The van der Waals surface area contributed by atoms with Gasteiger partial charge in [-0.25, -0.2) is 8.78 Å². The number of halogens is 2. The van der Waals surface area contributed by atoms with Gasteiger partial charge in [0.2, 0.25) is 0 Å². The lowest BCUT2D eigenvalue weighted by molar-refractivity contribution is 0.0875. The minimum Gasteiger partial charge on any atom is -0.293 e. The Hall–Kier alpha value is -1.25. The molecule has 0 radical (unpaired) electrons. The Morgan fingerprint density at radius 1 is 1.13 bits per heavy atom. The van der Waals surface area contributed by atoms with Gasteiger partial charge in [-0.1, -0.05) is 0 Å². The maximum absolute atomic E-state index is 13.5. The predicted octanol–water partition coefficient (Wildman–Crippen LogP) is 2.87. The van der Waals surface area contributed by atoms with Crippen molar-refractivity contribution in [3.05, 3.63) is 34.9 Å².